The first kappa shape index (κ1) is 20.1. The molecule has 0 heterocycles. The summed E-state index contributed by atoms with van der Waals surface area (Å²) in [5.74, 6) is -0.586. The standard InChI is InChI=1S/C20H25NO4S/c1-16(2)13-19(20(22)25-14-17-9-5-3-6-10-17)21-26(23,24)15-18-11-7-4-8-12-18/h3-12,16,19,21H,13-15H2,1-2H3. The molecule has 140 valence electrons. The fraction of sp³-hybridized carbons (Fsp3) is 0.350. The number of carbonyl (C=O) groups is 1. The number of esters is 1. The van der Waals surface area contributed by atoms with Crippen LogP contribution in [0, 0.1) is 5.92 Å². The molecule has 0 spiro atoms. The molecule has 5 nitrogen and oxygen atoms in total. The van der Waals surface area contributed by atoms with Gasteiger partial charge in [-0.1, -0.05) is 74.5 Å². The van der Waals surface area contributed by atoms with Gasteiger partial charge in [0.1, 0.15) is 12.6 Å². The molecular weight excluding hydrogens is 350 g/mol. The molecule has 2 rings (SSSR count). The molecule has 1 atom stereocenters. The topological polar surface area (TPSA) is 72.5 Å². The lowest BCUT2D eigenvalue weighted by Crippen LogP contribution is -2.43. The average Bonchev–Trinajstić information content (AvgIpc) is 2.60. The van der Waals surface area contributed by atoms with Crippen LogP contribution in [0.2, 0.25) is 0 Å². The number of hydrogen-bond acceptors (Lipinski definition) is 4. The minimum absolute atomic E-state index is 0.120. The highest BCUT2D eigenvalue weighted by Gasteiger charge is 2.26. The Morgan fingerprint density at radius 3 is 2.04 bits per heavy atom. The summed E-state index contributed by atoms with van der Waals surface area (Å²) >= 11 is 0. The van der Waals surface area contributed by atoms with E-state index in [0.29, 0.717) is 12.0 Å². The van der Waals surface area contributed by atoms with Crippen LogP contribution in [0.15, 0.2) is 60.7 Å². The smallest absolute Gasteiger partial charge is 0.324 e. The highest BCUT2D eigenvalue weighted by molar-refractivity contribution is 7.88. The van der Waals surface area contributed by atoms with E-state index in [1.54, 1.807) is 24.3 Å². The van der Waals surface area contributed by atoms with Crippen molar-refractivity contribution in [3.05, 3.63) is 71.8 Å². The molecule has 0 saturated carbocycles. The fourth-order valence-corrected chi connectivity index (χ4v) is 3.89. The second-order valence-electron chi connectivity index (χ2n) is 6.64. The Labute approximate surface area is 155 Å². The van der Waals surface area contributed by atoms with Gasteiger partial charge in [0.2, 0.25) is 10.0 Å². The van der Waals surface area contributed by atoms with Crippen molar-refractivity contribution in [1.29, 1.82) is 0 Å². The molecule has 0 aliphatic heterocycles. The molecule has 0 bridgehead atoms. The highest BCUT2D eigenvalue weighted by Crippen LogP contribution is 2.12. The van der Waals surface area contributed by atoms with Gasteiger partial charge in [0.05, 0.1) is 5.75 Å². The first-order valence-corrected chi connectivity index (χ1v) is 10.3. The van der Waals surface area contributed by atoms with Crippen LogP contribution >= 0.6 is 0 Å². The van der Waals surface area contributed by atoms with Crippen LogP contribution in [-0.4, -0.2) is 20.4 Å². The monoisotopic (exact) mass is 375 g/mol. The Balaban J connectivity index is 2.02. The lowest BCUT2D eigenvalue weighted by molar-refractivity contribution is -0.147. The van der Waals surface area contributed by atoms with Gasteiger partial charge in [-0.15, -0.1) is 0 Å². The molecule has 26 heavy (non-hydrogen) atoms. The van der Waals surface area contributed by atoms with Crippen molar-refractivity contribution < 1.29 is 17.9 Å². The number of sulfonamides is 1. The van der Waals surface area contributed by atoms with E-state index in [4.69, 9.17) is 4.74 Å². The minimum atomic E-state index is -3.66. The SMILES string of the molecule is CC(C)CC(NS(=O)(=O)Cc1ccccc1)C(=O)OCc1ccccc1. The maximum absolute atomic E-state index is 12.5. The molecule has 0 saturated heterocycles. The Morgan fingerprint density at radius 2 is 1.50 bits per heavy atom. The molecule has 0 aliphatic carbocycles. The van der Waals surface area contributed by atoms with Crippen molar-refractivity contribution >= 4 is 16.0 Å². The van der Waals surface area contributed by atoms with E-state index in [0.717, 1.165) is 5.56 Å². The summed E-state index contributed by atoms with van der Waals surface area (Å²) in [6.07, 6.45) is 0.377. The van der Waals surface area contributed by atoms with Crippen molar-refractivity contribution in [2.45, 2.75) is 38.7 Å². The van der Waals surface area contributed by atoms with Gasteiger partial charge in [0, 0.05) is 0 Å². The fourth-order valence-electron chi connectivity index (χ4n) is 2.55. The van der Waals surface area contributed by atoms with Crippen LogP contribution in [0.25, 0.3) is 0 Å². The zero-order valence-corrected chi connectivity index (χ0v) is 15.9. The van der Waals surface area contributed by atoms with Crippen LogP contribution in [0.3, 0.4) is 0 Å². The molecule has 2 aromatic rings. The number of ether oxygens (including phenoxy) is 1. The lowest BCUT2D eigenvalue weighted by atomic mass is 10.1. The largest absolute Gasteiger partial charge is 0.460 e. The average molecular weight is 375 g/mol. The Morgan fingerprint density at radius 1 is 0.962 bits per heavy atom. The second kappa shape index (κ2) is 9.50. The first-order chi connectivity index (χ1) is 12.4. The summed E-state index contributed by atoms with van der Waals surface area (Å²) in [4.78, 5) is 12.4. The normalized spacial score (nSPS) is 12.7. The quantitative estimate of drug-likeness (QED) is 0.683. The van der Waals surface area contributed by atoms with E-state index in [-0.39, 0.29) is 18.3 Å². The van der Waals surface area contributed by atoms with E-state index in [2.05, 4.69) is 4.72 Å². The van der Waals surface area contributed by atoms with Gasteiger partial charge < -0.3 is 4.74 Å². The molecule has 0 fully saturated rings. The summed E-state index contributed by atoms with van der Waals surface area (Å²) in [7, 11) is -3.66. The van der Waals surface area contributed by atoms with Crippen molar-refractivity contribution in [2.24, 2.45) is 5.92 Å². The van der Waals surface area contributed by atoms with E-state index >= 15 is 0 Å². The predicted molar refractivity (Wildman–Crippen MR) is 102 cm³/mol. The molecule has 0 radical (unpaired) electrons. The summed E-state index contributed by atoms with van der Waals surface area (Å²) in [5.41, 5.74) is 1.53. The van der Waals surface area contributed by atoms with Crippen LogP contribution < -0.4 is 4.72 Å². The van der Waals surface area contributed by atoms with E-state index < -0.39 is 22.0 Å². The lowest BCUT2D eigenvalue weighted by Gasteiger charge is -2.19. The van der Waals surface area contributed by atoms with Gasteiger partial charge in [-0.25, -0.2) is 13.1 Å². The summed E-state index contributed by atoms with van der Waals surface area (Å²) in [6, 6.07) is 17.3. The molecule has 1 N–H and O–H groups in total. The molecular formula is C20H25NO4S. The Hall–Kier alpha value is -2.18. The number of hydrogen-bond donors (Lipinski definition) is 1. The highest BCUT2D eigenvalue weighted by atomic mass is 32.2. The summed E-state index contributed by atoms with van der Waals surface area (Å²) < 4.78 is 32.7. The van der Waals surface area contributed by atoms with Crippen LogP contribution in [-0.2, 0) is 31.9 Å². The molecule has 0 amide bonds. The summed E-state index contributed by atoms with van der Waals surface area (Å²) in [5, 5.41) is 0. The molecule has 0 aromatic heterocycles. The van der Waals surface area contributed by atoms with Gasteiger partial charge >= 0.3 is 5.97 Å². The van der Waals surface area contributed by atoms with Gasteiger partial charge in [-0.3, -0.25) is 4.79 Å². The number of carbonyl (C=O) groups excluding carboxylic acids is 1. The van der Waals surface area contributed by atoms with Crippen LogP contribution in [0.4, 0.5) is 0 Å². The van der Waals surface area contributed by atoms with Crippen molar-refractivity contribution in [3.63, 3.8) is 0 Å². The maximum atomic E-state index is 12.5. The van der Waals surface area contributed by atoms with Gasteiger partial charge in [-0.2, -0.15) is 0 Å². The van der Waals surface area contributed by atoms with Gasteiger partial charge in [0.25, 0.3) is 0 Å². The van der Waals surface area contributed by atoms with Gasteiger partial charge in [0.15, 0.2) is 0 Å². The van der Waals surface area contributed by atoms with E-state index in [1.807, 2.05) is 50.2 Å². The third-order valence-electron chi connectivity index (χ3n) is 3.74. The number of benzene rings is 2. The van der Waals surface area contributed by atoms with Crippen LogP contribution in [0.1, 0.15) is 31.4 Å². The van der Waals surface area contributed by atoms with Crippen molar-refractivity contribution in [3.8, 4) is 0 Å². The van der Waals surface area contributed by atoms with Crippen LogP contribution in [0.5, 0.6) is 0 Å². The number of nitrogens with one attached hydrogen (secondary N) is 1. The maximum Gasteiger partial charge on any atom is 0.324 e. The molecule has 6 heteroatoms. The van der Waals surface area contributed by atoms with Crippen molar-refractivity contribution in [2.75, 3.05) is 0 Å². The van der Waals surface area contributed by atoms with E-state index in [9.17, 15) is 13.2 Å². The minimum Gasteiger partial charge on any atom is -0.460 e. The third kappa shape index (κ3) is 6.98. The predicted octanol–water partition coefficient (Wildman–Crippen LogP) is 3.26. The molecule has 0 aliphatic rings. The Kier molecular flexibility index (Phi) is 7.36. The van der Waals surface area contributed by atoms with E-state index in [1.165, 1.54) is 0 Å². The third-order valence-corrected chi connectivity index (χ3v) is 5.09. The number of rotatable bonds is 9. The molecule has 2 aromatic carbocycles. The summed E-state index contributed by atoms with van der Waals surface area (Å²) in [6.45, 7) is 3.99. The van der Waals surface area contributed by atoms with Gasteiger partial charge in [-0.05, 0) is 23.5 Å². The zero-order valence-electron chi connectivity index (χ0n) is 15.1. The Bertz CT molecular complexity index is 789. The molecule has 1 unspecified atom stereocenters. The zero-order chi connectivity index (χ0) is 19.0. The second-order valence-corrected chi connectivity index (χ2v) is 8.39. The first-order valence-electron chi connectivity index (χ1n) is 8.60. The van der Waals surface area contributed by atoms with Crippen molar-refractivity contribution in [1.82, 2.24) is 4.72 Å².